The number of carbonyl (C=O) groups excluding carboxylic acids is 2. The summed E-state index contributed by atoms with van der Waals surface area (Å²) in [4.78, 5) is 24.1. The molecule has 1 N–H and O–H groups in total. The predicted molar refractivity (Wildman–Crippen MR) is 84.7 cm³/mol. The summed E-state index contributed by atoms with van der Waals surface area (Å²) < 4.78 is 15.4. The Kier molecular flexibility index (Phi) is 4.74. The quantitative estimate of drug-likeness (QED) is 0.674. The van der Waals surface area contributed by atoms with Crippen LogP contribution in [-0.4, -0.2) is 37.7 Å². The molecule has 0 saturated carbocycles. The second-order valence-corrected chi connectivity index (χ2v) is 4.85. The van der Waals surface area contributed by atoms with Crippen LogP contribution in [0.1, 0.15) is 34.6 Å². The summed E-state index contributed by atoms with van der Waals surface area (Å²) in [5.74, 6) is -0.576. The van der Waals surface area contributed by atoms with Crippen molar-refractivity contribution in [1.29, 1.82) is 0 Å². The fourth-order valence-corrected chi connectivity index (χ4v) is 2.46. The Morgan fingerprint density at radius 1 is 1.13 bits per heavy atom. The smallest absolute Gasteiger partial charge is 0.339 e. The van der Waals surface area contributed by atoms with E-state index >= 15 is 0 Å². The van der Waals surface area contributed by atoms with Crippen molar-refractivity contribution < 1.29 is 28.9 Å². The van der Waals surface area contributed by atoms with Crippen LogP contribution in [0.15, 0.2) is 18.2 Å². The first kappa shape index (κ1) is 16.6. The predicted octanol–water partition coefficient (Wildman–Crippen LogP) is 2.94. The van der Waals surface area contributed by atoms with Crippen LogP contribution in [-0.2, 0) is 4.74 Å². The maximum absolute atomic E-state index is 12.1. The van der Waals surface area contributed by atoms with Gasteiger partial charge in [0.05, 0.1) is 37.3 Å². The van der Waals surface area contributed by atoms with E-state index in [4.69, 9.17) is 14.2 Å². The topological polar surface area (TPSA) is 82.1 Å². The van der Waals surface area contributed by atoms with Crippen LogP contribution >= 0.6 is 0 Å². The van der Waals surface area contributed by atoms with Crippen LogP contribution in [0.4, 0.5) is 0 Å². The van der Waals surface area contributed by atoms with Gasteiger partial charge in [-0.1, -0.05) is 0 Å². The Hall–Kier alpha value is -2.76. The van der Waals surface area contributed by atoms with Gasteiger partial charge in [0.1, 0.15) is 17.2 Å². The molecule has 0 atom stereocenters. The standard InChI is InChI=1S/C17H18O6/c1-5-23-17(20)12-7-10-6-11(21-3)8-13(22-4)15(10)16(19)14(12)9(2)18/h6-8,19H,5H2,1-4H3. The Bertz CT molecular complexity index is 778. The van der Waals surface area contributed by atoms with Gasteiger partial charge in [-0.2, -0.15) is 0 Å². The number of fused-ring (bicyclic) bond motifs is 1. The molecule has 0 fully saturated rings. The monoisotopic (exact) mass is 318 g/mol. The molecule has 2 aromatic carbocycles. The van der Waals surface area contributed by atoms with Gasteiger partial charge in [0.25, 0.3) is 0 Å². The number of methoxy groups -OCH3 is 2. The summed E-state index contributed by atoms with van der Waals surface area (Å²) in [7, 11) is 2.94. The second kappa shape index (κ2) is 6.56. The minimum Gasteiger partial charge on any atom is -0.506 e. The van der Waals surface area contributed by atoms with Crippen molar-refractivity contribution in [2.24, 2.45) is 0 Å². The van der Waals surface area contributed by atoms with Crippen LogP contribution in [0.3, 0.4) is 0 Å². The number of aromatic hydroxyl groups is 1. The molecule has 0 spiro atoms. The molecule has 0 radical (unpaired) electrons. The summed E-state index contributed by atoms with van der Waals surface area (Å²) in [5, 5.41) is 11.4. The molecule has 2 rings (SSSR count). The first-order valence-corrected chi connectivity index (χ1v) is 7.04. The number of benzene rings is 2. The number of esters is 1. The van der Waals surface area contributed by atoms with Crippen LogP contribution < -0.4 is 9.47 Å². The third-order valence-electron chi connectivity index (χ3n) is 3.45. The SMILES string of the molecule is CCOC(=O)c1cc2cc(OC)cc(OC)c2c(O)c1C(C)=O. The summed E-state index contributed by atoms with van der Waals surface area (Å²) in [6.45, 7) is 3.11. The molecule has 6 nitrogen and oxygen atoms in total. The van der Waals surface area contributed by atoms with E-state index in [0.717, 1.165) is 0 Å². The lowest BCUT2D eigenvalue weighted by Gasteiger charge is -2.15. The average molecular weight is 318 g/mol. The first-order chi connectivity index (χ1) is 10.9. The molecule has 122 valence electrons. The summed E-state index contributed by atoms with van der Waals surface area (Å²) in [5.41, 5.74) is -0.0703. The number of carbonyl (C=O) groups is 2. The van der Waals surface area contributed by atoms with Gasteiger partial charge in [-0.25, -0.2) is 4.79 Å². The number of ether oxygens (including phenoxy) is 3. The molecule has 0 aliphatic rings. The highest BCUT2D eigenvalue weighted by Gasteiger charge is 2.24. The van der Waals surface area contributed by atoms with E-state index in [1.807, 2.05) is 0 Å². The maximum atomic E-state index is 12.1. The number of hydrogen-bond donors (Lipinski definition) is 1. The molecular formula is C17H18O6. The fourth-order valence-electron chi connectivity index (χ4n) is 2.46. The zero-order chi connectivity index (χ0) is 17.1. The van der Waals surface area contributed by atoms with E-state index in [1.165, 1.54) is 27.2 Å². The molecule has 0 bridgehead atoms. The third-order valence-corrected chi connectivity index (χ3v) is 3.45. The van der Waals surface area contributed by atoms with E-state index in [1.54, 1.807) is 19.1 Å². The lowest BCUT2D eigenvalue weighted by Crippen LogP contribution is -2.11. The van der Waals surface area contributed by atoms with Crippen LogP contribution in [0, 0.1) is 0 Å². The van der Waals surface area contributed by atoms with E-state index in [9.17, 15) is 14.7 Å². The van der Waals surface area contributed by atoms with Gasteiger partial charge in [-0.05, 0) is 31.4 Å². The largest absolute Gasteiger partial charge is 0.506 e. The van der Waals surface area contributed by atoms with Crippen molar-refractivity contribution in [2.75, 3.05) is 20.8 Å². The molecule has 0 amide bonds. The Morgan fingerprint density at radius 3 is 2.35 bits per heavy atom. The van der Waals surface area contributed by atoms with Crippen molar-refractivity contribution in [3.8, 4) is 17.2 Å². The average Bonchev–Trinajstić information content (AvgIpc) is 2.52. The van der Waals surface area contributed by atoms with Crippen LogP contribution in [0.25, 0.3) is 10.8 Å². The second-order valence-electron chi connectivity index (χ2n) is 4.85. The van der Waals surface area contributed by atoms with Crippen molar-refractivity contribution in [3.63, 3.8) is 0 Å². The van der Waals surface area contributed by atoms with Gasteiger partial charge < -0.3 is 19.3 Å². The lowest BCUT2D eigenvalue weighted by molar-refractivity contribution is 0.0523. The summed E-state index contributed by atoms with van der Waals surface area (Å²) in [6, 6.07) is 4.73. The van der Waals surface area contributed by atoms with Crippen molar-refractivity contribution in [2.45, 2.75) is 13.8 Å². The number of phenols is 1. The minimum absolute atomic E-state index is 0.0136. The van der Waals surface area contributed by atoms with Crippen LogP contribution in [0.5, 0.6) is 17.2 Å². The normalized spacial score (nSPS) is 10.4. The maximum Gasteiger partial charge on any atom is 0.339 e. The highest BCUT2D eigenvalue weighted by molar-refractivity contribution is 6.13. The van der Waals surface area contributed by atoms with Gasteiger partial charge in [0.2, 0.25) is 0 Å². The highest BCUT2D eigenvalue weighted by Crippen LogP contribution is 2.40. The van der Waals surface area contributed by atoms with E-state index < -0.39 is 11.8 Å². The lowest BCUT2D eigenvalue weighted by atomic mass is 9.96. The number of rotatable bonds is 5. The van der Waals surface area contributed by atoms with Crippen LogP contribution in [0.2, 0.25) is 0 Å². The zero-order valence-corrected chi connectivity index (χ0v) is 13.4. The van der Waals surface area contributed by atoms with E-state index in [2.05, 4.69) is 0 Å². The molecule has 23 heavy (non-hydrogen) atoms. The van der Waals surface area contributed by atoms with Gasteiger partial charge >= 0.3 is 5.97 Å². The Balaban J connectivity index is 2.89. The molecule has 0 aromatic heterocycles. The van der Waals surface area contributed by atoms with E-state index in [-0.39, 0.29) is 23.5 Å². The molecule has 0 aliphatic carbocycles. The van der Waals surface area contributed by atoms with Crippen molar-refractivity contribution in [3.05, 3.63) is 29.3 Å². The molecule has 0 heterocycles. The highest BCUT2D eigenvalue weighted by atomic mass is 16.5. The van der Waals surface area contributed by atoms with E-state index in [0.29, 0.717) is 22.3 Å². The molecule has 0 saturated heterocycles. The zero-order valence-electron chi connectivity index (χ0n) is 13.4. The molecular weight excluding hydrogens is 300 g/mol. The number of hydrogen-bond acceptors (Lipinski definition) is 6. The first-order valence-electron chi connectivity index (χ1n) is 7.04. The molecule has 2 aromatic rings. The van der Waals surface area contributed by atoms with Gasteiger partial charge in [0, 0.05) is 6.07 Å². The number of ketones is 1. The Morgan fingerprint density at radius 2 is 1.83 bits per heavy atom. The minimum atomic E-state index is -0.670. The molecule has 0 aliphatic heterocycles. The molecule has 0 unspecified atom stereocenters. The van der Waals surface area contributed by atoms with Crippen molar-refractivity contribution in [1.82, 2.24) is 0 Å². The molecule has 6 heteroatoms. The van der Waals surface area contributed by atoms with Gasteiger partial charge in [0.15, 0.2) is 5.78 Å². The summed E-state index contributed by atoms with van der Waals surface area (Å²) in [6.07, 6.45) is 0. The Labute approximate surface area is 133 Å². The van der Waals surface area contributed by atoms with Gasteiger partial charge in [-0.15, -0.1) is 0 Å². The van der Waals surface area contributed by atoms with Gasteiger partial charge in [-0.3, -0.25) is 4.79 Å². The fraction of sp³-hybridized carbons (Fsp3) is 0.294. The van der Waals surface area contributed by atoms with Crippen molar-refractivity contribution >= 4 is 22.5 Å². The summed E-state index contributed by atoms with van der Waals surface area (Å²) >= 11 is 0. The number of phenolic OH excluding ortho intramolecular Hbond substituents is 1. The number of Topliss-reactive ketones (excluding diaryl/α,β-unsaturated/α-hetero) is 1. The third kappa shape index (κ3) is 2.92.